The van der Waals surface area contributed by atoms with Gasteiger partial charge in [0.15, 0.2) is 11.6 Å². The normalized spacial score (nSPS) is 10.9. The van der Waals surface area contributed by atoms with Crippen LogP contribution in [0.15, 0.2) is 65.4 Å². The smallest absolute Gasteiger partial charge is 0.192 e. The van der Waals surface area contributed by atoms with Crippen molar-refractivity contribution in [2.75, 3.05) is 0 Å². The van der Waals surface area contributed by atoms with Crippen molar-refractivity contribution in [2.45, 2.75) is 0 Å². The van der Waals surface area contributed by atoms with Gasteiger partial charge in [-0.05, 0) is 35.0 Å². The van der Waals surface area contributed by atoms with Crippen LogP contribution in [0.1, 0.15) is 0 Å². The van der Waals surface area contributed by atoms with Crippen LogP contribution in [0.5, 0.6) is 0 Å². The summed E-state index contributed by atoms with van der Waals surface area (Å²) in [6.07, 6.45) is 0. The number of thiophene rings is 2. The first-order chi connectivity index (χ1) is 10.4. The predicted molar refractivity (Wildman–Crippen MR) is 88.0 cm³/mol. The molecule has 0 N–H and O–H groups in total. The van der Waals surface area contributed by atoms with E-state index < -0.39 is 0 Å². The molecule has 102 valence electrons. The van der Waals surface area contributed by atoms with Crippen molar-refractivity contribution in [3.8, 4) is 27.1 Å². The van der Waals surface area contributed by atoms with E-state index in [4.69, 9.17) is 10.1 Å². The Balaban J connectivity index is 1.92. The maximum Gasteiger partial charge on any atom is 0.192 e. The number of rotatable bonds is 3. The molecule has 0 aliphatic heterocycles. The van der Waals surface area contributed by atoms with Gasteiger partial charge in [-0.1, -0.05) is 30.3 Å². The summed E-state index contributed by atoms with van der Waals surface area (Å²) in [6, 6.07) is 18.3. The predicted octanol–water partition coefficient (Wildman–Crippen LogP) is 4.72. The van der Waals surface area contributed by atoms with E-state index in [0.717, 1.165) is 27.1 Å². The van der Waals surface area contributed by atoms with Crippen molar-refractivity contribution in [3.05, 3.63) is 65.4 Å². The zero-order valence-electron chi connectivity index (χ0n) is 11.0. The van der Waals surface area contributed by atoms with Crippen molar-refractivity contribution in [2.24, 2.45) is 0 Å². The highest BCUT2D eigenvalue weighted by molar-refractivity contribution is 7.13. The number of nitrogens with zero attached hydrogens (tertiary/aromatic N) is 3. The molecule has 0 saturated carbocycles. The molecule has 21 heavy (non-hydrogen) atoms. The Morgan fingerprint density at radius 1 is 0.762 bits per heavy atom. The van der Waals surface area contributed by atoms with Crippen LogP contribution >= 0.6 is 22.7 Å². The molecule has 0 radical (unpaired) electrons. The van der Waals surface area contributed by atoms with Gasteiger partial charge >= 0.3 is 0 Å². The van der Waals surface area contributed by atoms with Gasteiger partial charge in [0, 0.05) is 0 Å². The third kappa shape index (κ3) is 2.30. The number of hydrogen-bond acceptors (Lipinski definition) is 4. The minimum Gasteiger partial charge on any atom is -0.212 e. The highest BCUT2D eigenvalue weighted by Crippen LogP contribution is 2.29. The van der Waals surface area contributed by atoms with E-state index in [-0.39, 0.29) is 0 Å². The fourth-order valence-corrected chi connectivity index (χ4v) is 3.49. The van der Waals surface area contributed by atoms with Crippen molar-refractivity contribution < 1.29 is 0 Å². The molecular formula is C16H11N3S2. The molecule has 3 aromatic heterocycles. The topological polar surface area (TPSA) is 30.7 Å². The van der Waals surface area contributed by atoms with Gasteiger partial charge in [0.05, 0.1) is 15.4 Å². The number of benzene rings is 1. The minimum atomic E-state index is 0.775. The van der Waals surface area contributed by atoms with Crippen LogP contribution in [0.25, 0.3) is 27.1 Å². The molecule has 0 bridgehead atoms. The first kappa shape index (κ1) is 12.5. The maximum atomic E-state index is 4.74. The second-order valence-corrected chi connectivity index (χ2v) is 6.36. The van der Waals surface area contributed by atoms with Crippen LogP contribution in [-0.2, 0) is 0 Å². The zero-order chi connectivity index (χ0) is 14.1. The van der Waals surface area contributed by atoms with Gasteiger partial charge in [-0.25, -0.2) is 9.67 Å². The molecule has 5 heteroatoms. The molecule has 4 rings (SSSR count). The van der Waals surface area contributed by atoms with Crippen LogP contribution in [0, 0.1) is 0 Å². The first-order valence-corrected chi connectivity index (χ1v) is 8.28. The lowest BCUT2D eigenvalue weighted by Gasteiger charge is -2.03. The Kier molecular flexibility index (Phi) is 3.14. The summed E-state index contributed by atoms with van der Waals surface area (Å²) in [5, 5.41) is 8.81. The summed E-state index contributed by atoms with van der Waals surface area (Å²) in [5.41, 5.74) is 1.02. The second-order valence-electron chi connectivity index (χ2n) is 4.46. The molecule has 0 fully saturated rings. The van der Waals surface area contributed by atoms with Crippen LogP contribution in [0.4, 0.5) is 0 Å². The monoisotopic (exact) mass is 309 g/mol. The molecule has 0 saturated heterocycles. The van der Waals surface area contributed by atoms with Gasteiger partial charge in [-0.2, -0.15) is 0 Å². The SMILES string of the molecule is c1ccc(-n2nc(-c3cccs3)nc2-c2cccs2)cc1. The molecule has 0 spiro atoms. The molecule has 0 aliphatic carbocycles. The fraction of sp³-hybridized carbons (Fsp3) is 0. The zero-order valence-corrected chi connectivity index (χ0v) is 12.6. The van der Waals surface area contributed by atoms with E-state index in [2.05, 4.69) is 11.4 Å². The van der Waals surface area contributed by atoms with Gasteiger partial charge in [0.2, 0.25) is 0 Å². The average molecular weight is 309 g/mol. The van der Waals surface area contributed by atoms with E-state index in [1.54, 1.807) is 22.7 Å². The Hall–Kier alpha value is -2.24. The minimum absolute atomic E-state index is 0.775. The van der Waals surface area contributed by atoms with Crippen LogP contribution in [0.3, 0.4) is 0 Å². The molecular weight excluding hydrogens is 298 g/mol. The molecule has 0 atom stereocenters. The lowest BCUT2D eigenvalue weighted by atomic mass is 10.3. The van der Waals surface area contributed by atoms with Gasteiger partial charge in [-0.15, -0.1) is 27.8 Å². The number of hydrogen-bond donors (Lipinski definition) is 0. The lowest BCUT2D eigenvalue weighted by Crippen LogP contribution is -1.98. The molecule has 0 amide bonds. The van der Waals surface area contributed by atoms with Gasteiger partial charge in [0.25, 0.3) is 0 Å². The van der Waals surface area contributed by atoms with Gasteiger partial charge in [-0.3, -0.25) is 0 Å². The Morgan fingerprint density at radius 2 is 1.48 bits per heavy atom. The molecule has 0 unspecified atom stereocenters. The number of para-hydroxylation sites is 1. The van der Waals surface area contributed by atoms with E-state index in [1.165, 1.54) is 0 Å². The van der Waals surface area contributed by atoms with Gasteiger partial charge in [0.1, 0.15) is 0 Å². The van der Waals surface area contributed by atoms with E-state index in [9.17, 15) is 0 Å². The quantitative estimate of drug-likeness (QED) is 0.548. The fourth-order valence-electron chi connectivity index (χ4n) is 2.14. The Morgan fingerprint density at radius 3 is 2.14 bits per heavy atom. The Bertz CT molecular complexity index is 831. The van der Waals surface area contributed by atoms with Crippen LogP contribution in [0.2, 0.25) is 0 Å². The summed E-state index contributed by atoms with van der Waals surface area (Å²) < 4.78 is 1.92. The van der Waals surface area contributed by atoms with Crippen molar-refractivity contribution in [1.29, 1.82) is 0 Å². The first-order valence-electron chi connectivity index (χ1n) is 6.52. The third-order valence-corrected chi connectivity index (χ3v) is 4.82. The Labute approximate surface area is 130 Å². The highest BCUT2D eigenvalue weighted by atomic mass is 32.1. The van der Waals surface area contributed by atoms with E-state index in [1.807, 2.05) is 58.6 Å². The van der Waals surface area contributed by atoms with E-state index >= 15 is 0 Å². The molecule has 3 heterocycles. The van der Waals surface area contributed by atoms with Crippen molar-refractivity contribution in [3.63, 3.8) is 0 Å². The largest absolute Gasteiger partial charge is 0.212 e. The van der Waals surface area contributed by atoms with Crippen molar-refractivity contribution in [1.82, 2.24) is 14.8 Å². The lowest BCUT2D eigenvalue weighted by molar-refractivity contribution is 0.893. The maximum absolute atomic E-state index is 4.74. The number of aromatic nitrogens is 3. The average Bonchev–Trinajstić information content (AvgIpc) is 3.27. The van der Waals surface area contributed by atoms with Crippen molar-refractivity contribution >= 4 is 22.7 Å². The molecule has 0 aliphatic rings. The van der Waals surface area contributed by atoms with Crippen LogP contribution < -0.4 is 0 Å². The van der Waals surface area contributed by atoms with E-state index in [0.29, 0.717) is 0 Å². The standard InChI is InChI=1S/C16H11N3S2/c1-2-6-12(7-3-1)19-16(14-9-5-11-21-14)17-15(18-19)13-8-4-10-20-13/h1-11H. The highest BCUT2D eigenvalue weighted by Gasteiger charge is 2.15. The second kappa shape index (κ2) is 5.27. The third-order valence-electron chi connectivity index (χ3n) is 3.09. The van der Waals surface area contributed by atoms with Gasteiger partial charge < -0.3 is 0 Å². The summed E-state index contributed by atoms with van der Waals surface area (Å²) in [4.78, 5) is 6.95. The van der Waals surface area contributed by atoms with Crippen LogP contribution in [-0.4, -0.2) is 14.8 Å². The molecule has 3 nitrogen and oxygen atoms in total. The summed E-state index contributed by atoms with van der Waals surface area (Å²) in [5.74, 6) is 1.66. The summed E-state index contributed by atoms with van der Waals surface area (Å²) >= 11 is 3.33. The molecule has 1 aromatic carbocycles. The summed E-state index contributed by atoms with van der Waals surface area (Å²) in [7, 11) is 0. The summed E-state index contributed by atoms with van der Waals surface area (Å²) in [6.45, 7) is 0. The molecule has 4 aromatic rings.